The highest BCUT2D eigenvalue weighted by Gasteiger charge is 2.39. The fourth-order valence-electron chi connectivity index (χ4n) is 2.06. The Morgan fingerprint density at radius 3 is 2.43 bits per heavy atom. The van der Waals surface area contributed by atoms with Gasteiger partial charge in [-0.1, -0.05) is 0 Å². The van der Waals surface area contributed by atoms with Crippen molar-refractivity contribution >= 4 is 10.0 Å². The lowest BCUT2D eigenvalue weighted by molar-refractivity contribution is -0.140. The first-order valence-corrected chi connectivity index (χ1v) is 7.72. The number of nitrogens with one attached hydrogen (secondary N) is 1. The summed E-state index contributed by atoms with van der Waals surface area (Å²) in [4.78, 5) is -0.990. The molecule has 0 aliphatic heterocycles. The topological polar surface area (TPSA) is 72.2 Å². The minimum Gasteiger partial charge on any atom is -0.329 e. The highest BCUT2D eigenvalue weighted by Crippen LogP contribution is 2.36. The summed E-state index contributed by atoms with van der Waals surface area (Å²) >= 11 is 0. The molecule has 0 spiro atoms. The second kappa shape index (κ2) is 5.54. The molecule has 1 aromatic rings. The van der Waals surface area contributed by atoms with Gasteiger partial charge in [0.15, 0.2) is 0 Å². The molecular weight excluding hydrogens is 312 g/mol. The molecule has 0 aromatic heterocycles. The molecule has 4 nitrogen and oxygen atoms in total. The molecule has 0 radical (unpaired) electrons. The van der Waals surface area contributed by atoms with Crippen LogP contribution in [-0.4, -0.2) is 21.0 Å². The third-order valence-electron chi connectivity index (χ3n) is 3.29. The number of nitrogens with two attached hydrogens (primary N) is 1. The molecule has 1 saturated carbocycles. The summed E-state index contributed by atoms with van der Waals surface area (Å²) in [5.41, 5.74) is 3.91. The summed E-state index contributed by atoms with van der Waals surface area (Å²) in [5.74, 6) is -1.11. The molecule has 0 heterocycles. The van der Waals surface area contributed by atoms with E-state index in [1.165, 1.54) is 0 Å². The Balaban J connectivity index is 2.39. The van der Waals surface area contributed by atoms with Crippen molar-refractivity contribution in [1.82, 2.24) is 4.72 Å². The SMILES string of the molecule is NC[C@@H](NS(=O)(=O)c1ccc(F)cc1C(F)(F)F)C1CC1. The summed E-state index contributed by atoms with van der Waals surface area (Å²) in [5, 5.41) is 0. The van der Waals surface area contributed by atoms with Gasteiger partial charge in [-0.25, -0.2) is 17.5 Å². The van der Waals surface area contributed by atoms with Crippen molar-refractivity contribution < 1.29 is 26.0 Å². The Morgan fingerprint density at radius 2 is 1.95 bits per heavy atom. The average Bonchev–Trinajstić information content (AvgIpc) is 3.18. The molecule has 1 aliphatic rings. The summed E-state index contributed by atoms with van der Waals surface area (Å²) in [6.07, 6.45) is -3.41. The molecule has 118 valence electrons. The number of sulfonamides is 1. The normalized spacial score (nSPS) is 17.8. The molecule has 1 fully saturated rings. The van der Waals surface area contributed by atoms with E-state index >= 15 is 0 Å². The molecule has 1 atom stereocenters. The number of rotatable bonds is 5. The molecule has 9 heteroatoms. The minimum absolute atomic E-state index is 0.00750. The smallest absolute Gasteiger partial charge is 0.329 e. The minimum atomic E-state index is -4.97. The van der Waals surface area contributed by atoms with Gasteiger partial charge in [0.2, 0.25) is 10.0 Å². The van der Waals surface area contributed by atoms with E-state index in [9.17, 15) is 26.0 Å². The van der Waals surface area contributed by atoms with Crippen LogP contribution in [0.25, 0.3) is 0 Å². The van der Waals surface area contributed by atoms with E-state index in [0.717, 1.165) is 12.8 Å². The lowest BCUT2D eigenvalue weighted by atomic mass is 10.2. The quantitative estimate of drug-likeness (QED) is 0.811. The van der Waals surface area contributed by atoms with Crippen LogP contribution >= 0.6 is 0 Å². The van der Waals surface area contributed by atoms with Gasteiger partial charge in [-0.05, 0) is 37.0 Å². The number of benzene rings is 1. The molecule has 3 N–H and O–H groups in total. The van der Waals surface area contributed by atoms with Crippen LogP contribution in [0.1, 0.15) is 18.4 Å². The fourth-order valence-corrected chi connectivity index (χ4v) is 3.58. The van der Waals surface area contributed by atoms with Gasteiger partial charge >= 0.3 is 6.18 Å². The van der Waals surface area contributed by atoms with Crippen LogP contribution in [0.5, 0.6) is 0 Å². The Hall–Kier alpha value is -1.19. The van der Waals surface area contributed by atoms with Crippen molar-refractivity contribution in [1.29, 1.82) is 0 Å². The molecule has 0 unspecified atom stereocenters. The van der Waals surface area contributed by atoms with Crippen molar-refractivity contribution in [2.24, 2.45) is 11.7 Å². The van der Waals surface area contributed by atoms with Gasteiger partial charge in [-0.15, -0.1) is 0 Å². The molecule has 0 bridgehead atoms. The first kappa shape index (κ1) is 16.2. The van der Waals surface area contributed by atoms with Crippen molar-refractivity contribution in [3.8, 4) is 0 Å². The van der Waals surface area contributed by atoms with E-state index in [-0.39, 0.29) is 18.5 Å². The van der Waals surface area contributed by atoms with Gasteiger partial charge < -0.3 is 5.73 Å². The van der Waals surface area contributed by atoms with Crippen LogP contribution in [0.15, 0.2) is 23.1 Å². The fraction of sp³-hybridized carbons (Fsp3) is 0.500. The van der Waals surface area contributed by atoms with Gasteiger partial charge in [0.05, 0.1) is 10.5 Å². The zero-order chi connectivity index (χ0) is 15.8. The van der Waals surface area contributed by atoms with Crippen molar-refractivity contribution in [2.75, 3.05) is 6.54 Å². The van der Waals surface area contributed by atoms with E-state index in [0.29, 0.717) is 12.1 Å². The van der Waals surface area contributed by atoms with E-state index < -0.39 is 38.5 Å². The van der Waals surface area contributed by atoms with Gasteiger partial charge in [0.1, 0.15) is 5.82 Å². The van der Waals surface area contributed by atoms with E-state index in [1.807, 2.05) is 0 Å². The first-order valence-electron chi connectivity index (χ1n) is 6.24. The van der Waals surface area contributed by atoms with Crippen molar-refractivity contribution in [3.05, 3.63) is 29.6 Å². The van der Waals surface area contributed by atoms with Crippen molar-refractivity contribution in [3.63, 3.8) is 0 Å². The number of hydrogen-bond donors (Lipinski definition) is 2. The third-order valence-corrected chi connectivity index (χ3v) is 4.84. The van der Waals surface area contributed by atoms with Gasteiger partial charge in [-0.3, -0.25) is 0 Å². The van der Waals surface area contributed by atoms with Crippen molar-refractivity contribution in [2.45, 2.75) is 30.0 Å². The molecule has 1 aromatic carbocycles. The maximum atomic E-state index is 13.0. The van der Waals surface area contributed by atoms with E-state index in [4.69, 9.17) is 5.73 Å². The summed E-state index contributed by atoms with van der Waals surface area (Å²) in [6.45, 7) is -0.00750. The number of hydrogen-bond acceptors (Lipinski definition) is 3. The summed E-state index contributed by atoms with van der Waals surface area (Å²) < 4.78 is 78.0. The molecular formula is C12H14F4N2O2S. The standard InChI is InChI=1S/C12H14F4N2O2S/c13-8-3-4-11(9(5-8)12(14,15)16)21(19,20)18-10(6-17)7-1-2-7/h3-5,7,10,18H,1-2,6,17H2/t10-/m1/s1. The van der Waals surface area contributed by atoms with Gasteiger partial charge in [0.25, 0.3) is 0 Å². The third kappa shape index (κ3) is 3.72. The van der Waals surface area contributed by atoms with Crippen LogP contribution in [0.4, 0.5) is 17.6 Å². The highest BCUT2D eigenvalue weighted by molar-refractivity contribution is 7.89. The summed E-state index contributed by atoms with van der Waals surface area (Å²) in [6, 6.07) is 0.851. The Bertz CT molecular complexity index is 627. The average molecular weight is 326 g/mol. The number of alkyl halides is 3. The van der Waals surface area contributed by atoms with Crippen LogP contribution in [0.2, 0.25) is 0 Å². The molecule has 0 saturated heterocycles. The van der Waals surface area contributed by atoms with E-state index in [1.54, 1.807) is 0 Å². The maximum absolute atomic E-state index is 13.0. The predicted molar refractivity (Wildman–Crippen MR) is 67.3 cm³/mol. The lowest BCUT2D eigenvalue weighted by Crippen LogP contribution is -2.42. The largest absolute Gasteiger partial charge is 0.417 e. The Labute approximate surface area is 119 Å². The molecule has 21 heavy (non-hydrogen) atoms. The first-order chi connectivity index (χ1) is 9.65. The predicted octanol–water partition coefficient (Wildman–Crippen LogP) is 1.86. The van der Waals surface area contributed by atoms with Crippen LogP contribution in [0, 0.1) is 11.7 Å². The summed E-state index contributed by atoms with van der Waals surface area (Å²) in [7, 11) is -4.42. The van der Waals surface area contributed by atoms with Crippen LogP contribution in [-0.2, 0) is 16.2 Å². The second-order valence-corrected chi connectivity index (χ2v) is 6.62. The molecule has 1 aliphatic carbocycles. The Kier molecular flexibility index (Phi) is 4.27. The van der Waals surface area contributed by atoms with Crippen LogP contribution < -0.4 is 10.5 Å². The molecule has 2 rings (SSSR count). The monoisotopic (exact) mass is 326 g/mol. The lowest BCUT2D eigenvalue weighted by Gasteiger charge is -2.19. The second-order valence-electron chi connectivity index (χ2n) is 4.94. The zero-order valence-electron chi connectivity index (χ0n) is 10.8. The Morgan fingerprint density at radius 1 is 1.33 bits per heavy atom. The highest BCUT2D eigenvalue weighted by atomic mass is 32.2. The van der Waals surface area contributed by atoms with E-state index in [2.05, 4.69) is 4.72 Å². The van der Waals surface area contributed by atoms with Gasteiger partial charge in [0, 0.05) is 12.6 Å². The zero-order valence-corrected chi connectivity index (χ0v) is 11.6. The maximum Gasteiger partial charge on any atom is 0.417 e. The molecule has 0 amide bonds. The van der Waals surface area contributed by atoms with Gasteiger partial charge in [-0.2, -0.15) is 13.2 Å². The number of halogens is 4. The van der Waals surface area contributed by atoms with Crippen LogP contribution in [0.3, 0.4) is 0 Å².